The molecular weight excluding hydrogens is 344 g/mol. The molecule has 0 saturated carbocycles. The van der Waals surface area contributed by atoms with Crippen LogP contribution in [0, 0.1) is 13.8 Å². The molecule has 2 aromatic carbocycles. The van der Waals surface area contributed by atoms with Crippen molar-refractivity contribution >= 4 is 10.1 Å². The van der Waals surface area contributed by atoms with Gasteiger partial charge in [-0.05, 0) is 43.2 Å². The lowest BCUT2D eigenvalue weighted by Crippen LogP contribution is -2.08. The molecule has 0 heterocycles. The van der Waals surface area contributed by atoms with Crippen molar-refractivity contribution in [2.45, 2.75) is 18.7 Å². The first-order chi connectivity index (χ1) is 11.9. The van der Waals surface area contributed by atoms with E-state index in [9.17, 15) is 8.42 Å². The molecule has 2 N–H and O–H groups in total. The first-order valence-electron chi connectivity index (χ1n) is 7.76. The Morgan fingerprint density at radius 3 is 2.16 bits per heavy atom. The monoisotopic (exact) mass is 368 g/mol. The van der Waals surface area contributed by atoms with Crippen LogP contribution in [-0.2, 0) is 14.9 Å². The minimum Gasteiger partial charge on any atom is -0.491 e. The third-order valence-electron chi connectivity index (χ3n) is 3.31. The number of aliphatic hydroxyl groups is 1. The first kappa shape index (κ1) is 21.1. The minimum absolute atomic E-state index is 0.0116. The summed E-state index contributed by atoms with van der Waals surface area (Å²) >= 11 is 0. The number of aryl methyl sites for hydroxylation is 1. The third-order valence-corrected chi connectivity index (χ3v) is 4.31. The Hall–Kier alpha value is -1.93. The van der Waals surface area contributed by atoms with E-state index < -0.39 is 10.1 Å². The summed E-state index contributed by atoms with van der Waals surface area (Å²) in [5.74, 6) is 0.843. The Balaban J connectivity index is 0.000000251. The van der Waals surface area contributed by atoms with Crippen LogP contribution in [0.3, 0.4) is 0 Å². The molecule has 6 nitrogen and oxygen atoms in total. The van der Waals surface area contributed by atoms with Gasteiger partial charge in [-0.1, -0.05) is 30.3 Å². The number of aliphatic hydroxyl groups excluding tert-OH is 1. The van der Waals surface area contributed by atoms with E-state index in [-0.39, 0.29) is 11.5 Å². The molecule has 0 radical (unpaired) electrons. The van der Waals surface area contributed by atoms with Gasteiger partial charge in [-0.15, -0.1) is 0 Å². The van der Waals surface area contributed by atoms with Gasteiger partial charge in [0.2, 0.25) is 0 Å². The molecular formula is C18H24O6S. The van der Waals surface area contributed by atoms with Crippen LogP contribution in [0.4, 0.5) is 0 Å². The summed E-state index contributed by atoms with van der Waals surface area (Å²) in [6, 6.07) is 14.4. The standard InChI is InChI=1S/C10H14O3.C8H10O3S/c11-6-7-12-8-9-13-10-4-2-1-3-5-10;1-6-4-3-5-8(7(6)2)12(9,10)11/h1-5,11H,6-9H2;3-5H,1-2H3,(H,9,10,11). The summed E-state index contributed by atoms with van der Waals surface area (Å²) in [5.41, 5.74) is 1.45. The maximum Gasteiger partial charge on any atom is 0.294 e. The fraction of sp³-hybridized carbons (Fsp3) is 0.333. The molecule has 0 atom stereocenters. The van der Waals surface area contributed by atoms with Crippen molar-refractivity contribution in [2.24, 2.45) is 0 Å². The summed E-state index contributed by atoms with van der Waals surface area (Å²) in [7, 11) is -4.06. The summed E-state index contributed by atoms with van der Waals surface area (Å²) in [4.78, 5) is -0.0116. The lowest BCUT2D eigenvalue weighted by Gasteiger charge is -2.05. The summed E-state index contributed by atoms with van der Waals surface area (Å²) in [6.07, 6.45) is 0. The summed E-state index contributed by atoms with van der Waals surface area (Å²) < 4.78 is 40.7. The van der Waals surface area contributed by atoms with E-state index in [1.54, 1.807) is 26.0 Å². The summed E-state index contributed by atoms with van der Waals surface area (Å²) in [5, 5.41) is 8.42. The van der Waals surface area contributed by atoms with Gasteiger partial charge in [-0.3, -0.25) is 4.55 Å². The molecule has 0 unspecified atom stereocenters. The van der Waals surface area contributed by atoms with Crippen molar-refractivity contribution in [3.8, 4) is 5.75 Å². The molecule has 0 bridgehead atoms. The number of ether oxygens (including phenoxy) is 2. The zero-order valence-corrected chi connectivity index (χ0v) is 15.2. The lowest BCUT2D eigenvalue weighted by atomic mass is 10.1. The minimum atomic E-state index is -4.06. The van der Waals surface area contributed by atoms with E-state index in [0.29, 0.717) is 25.4 Å². The predicted octanol–water partition coefficient (Wildman–Crippen LogP) is 2.62. The topological polar surface area (TPSA) is 93.1 Å². The third kappa shape index (κ3) is 8.13. The van der Waals surface area contributed by atoms with Crippen LogP contribution in [0.2, 0.25) is 0 Å². The molecule has 2 rings (SSSR count). The number of hydrogen-bond acceptors (Lipinski definition) is 5. The molecule has 0 aliphatic carbocycles. The highest BCUT2D eigenvalue weighted by Crippen LogP contribution is 2.17. The first-order valence-corrected chi connectivity index (χ1v) is 9.20. The van der Waals surface area contributed by atoms with Gasteiger partial charge in [0.1, 0.15) is 12.4 Å². The predicted molar refractivity (Wildman–Crippen MR) is 95.6 cm³/mol. The molecule has 0 fully saturated rings. The Kier molecular flexibility index (Phi) is 9.15. The van der Waals surface area contributed by atoms with E-state index in [1.807, 2.05) is 30.3 Å². The van der Waals surface area contributed by atoms with Crippen LogP contribution in [0.25, 0.3) is 0 Å². The van der Waals surface area contributed by atoms with Crippen LogP contribution < -0.4 is 4.74 Å². The SMILES string of the molecule is Cc1cccc(S(=O)(=O)O)c1C.OCCOCCOc1ccccc1. The van der Waals surface area contributed by atoms with Crippen LogP contribution >= 0.6 is 0 Å². The smallest absolute Gasteiger partial charge is 0.294 e. The highest BCUT2D eigenvalue weighted by atomic mass is 32.2. The zero-order chi connectivity index (χ0) is 18.7. The molecule has 0 aliphatic rings. The Bertz CT molecular complexity index is 728. The number of rotatable bonds is 7. The van der Waals surface area contributed by atoms with Crippen molar-refractivity contribution in [2.75, 3.05) is 26.4 Å². The molecule has 138 valence electrons. The van der Waals surface area contributed by atoms with Gasteiger partial charge < -0.3 is 14.6 Å². The van der Waals surface area contributed by atoms with Gasteiger partial charge in [0.25, 0.3) is 10.1 Å². The average molecular weight is 368 g/mol. The molecule has 0 amide bonds. The van der Waals surface area contributed by atoms with E-state index in [0.717, 1.165) is 11.3 Å². The van der Waals surface area contributed by atoms with Gasteiger partial charge in [0, 0.05) is 0 Å². The van der Waals surface area contributed by atoms with Crippen LogP contribution in [0.15, 0.2) is 53.4 Å². The quantitative estimate of drug-likeness (QED) is 0.576. The average Bonchev–Trinajstić information content (AvgIpc) is 2.58. The van der Waals surface area contributed by atoms with Crippen molar-refractivity contribution in [1.82, 2.24) is 0 Å². The molecule has 7 heteroatoms. The van der Waals surface area contributed by atoms with E-state index >= 15 is 0 Å². The summed E-state index contributed by atoms with van der Waals surface area (Å²) in [6.45, 7) is 4.92. The van der Waals surface area contributed by atoms with Gasteiger partial charge >= 0.3 is 0 Å². The number of benzene rings is 2. The Labute approximate surface area is 148 Å². The van der Waals surface area contributed by atoms with E-state index in [4.69, 9.17) is 19.1 Å². The fourth-order valence-corrected chi connectivity index (χ4v) is 2.70. The van der Waals surface area contributed by atoms with Crippen LogP contribution in [0.5, 0.6) is 5.75 Å². The molecule has 0 aromatic heterocycles. The number of hydrogen-bond donors (Lipinski definition) is 2. The lowest BCUT2D eigenvalue weighted by molar-refractivity contribution is 0.0705. The van der Waals surface area contributed by atoms with Crippen molar-refractivity contribution in [3.63, 3.8) is 0 Å². The van der Waals surface area contributed by atoms with E-state index in [1.165, 1.54) is 6.07 Å². The Morgan fingerprint density at radius 1 is 0.920 bits per heavy atom. The van der Waals surface area contributed by atoms with Gasteiger partial charge in [-0.2, -0.15) is 8.42 Å². The van der Waals surface area contributed by atoms with Crippen molar-refractivity contribution in [3.05, 3.63) is 59.7 Å². The second kappa shape index (κ2) is 10.8. The molecule has 2 aromatic rings. The maximum atomic E-state index is 10.8. The number of para-hydroxylation sites is 1. The second-order valence-electron chi connectivity index (χ2n) is 5.17. The van der Waals surface area contributed by atoms with Crippen LogP contribution in [-0.4, -0.2) is 44.5 Å². The van der Waals surface area contributed by atoms with Crippen molar-refractivity contribution < 1.29 is 27.6 Å². The van der Waals surface area contributed by atoms with Crippen molar-refractivity contribution in [1.29, 1.82) is 0 Å². The fourth-order valence-electron chi connectivity index (χ4n) is 1.91. The van der Waals surface area contributed by atoms with Gasteiger partial charge in [-0.25, -0.2) is 0 Å². The molecule has 0 spiro atoms. The second-order valence-corrected chi connectivity index (χ2v) is 6.56. The maximum absolute atomic E-state index is 10.8. The van der Waals surface area contributed by atoms with Gasteiger partial charge in [0.05, 0.1) is 24.7 Å². The highest BCUT2D eigenvalue weighted by molar-refractivity contribution is 7.85. The highest BCUT2D eigenvalue weighted by Gasteiger charge is 2.12. The Morgan fingerprint density at radius 2 is 1.60 bits per heavy atom. The molecule has 0 aliphatic heterocycles. The van der Waals surface area contributed by atoms with Crippen LogP contribution in [0.1, 0.15) is 11.1 Å². The normalized spacial score (nSPS) is 10.7. The zero-order valence-electron chi connectivity index (χ0n) is 14.4. The van der Waals surface area contributed by atoms with E-state index in [2.05, 4.69) is 0 Å². The molecule has 0 saturated heterocycles. The molecule has 25 heavy (non-hydrogen) atoms. The largest absolute Gasteiger partial charge is 0.491 e. The van der Waals surface area contributed by atoms with Gasteiger partial charge in [0.15, 0.2) is 0 Å².